The van der Waals surface area contributed by atoms with Crippen molar-refractivity contribution in [2.24, 2.45) is 0 Å². The van der Waals surface area contributed by atoms with Crippen LogP contribution in [0.4, 0.5) is 5.69 Å². The summed E-state index contributed by atoms with van der Waals surface area (Å²) < 4.78 is 54.6. The average molecular weight is 503 g/mol. The Bertz CT molecular complexity index is 1180. The number of rotatable bonds is 9. The van der Waals surface area contributed by atoms with Gasteiger partial charge in [0.25, 0.3) is 0 Å². The molecule has 2 aromatic rings. The van der Waals surface area contributed by atoms with Crippen molar-refractivity contribution in [3.8, 4) is 5.75 Å². The van der Waals surface area contributed by atoms with Gasteiger partial charge in [0.05, 0.1) is 35.0 Å². The quantitative estimate of drug-likeness (QED) is 0.564. The van der Waals surface area contributed by atoms with Gasteiger partial charge in [0.1, 0.15) is 11.8 Å². The molecule has 0 fully saturated rings. The van der Waals surface area contributed by atoms with Crippen molar-refractivity contribution in [1.29, 1.82) is 0 Å². The smallest absolute Gasteiger partial charge is 0.244 e. The minimum absolute atomic E-state index is 0.172. The van der Waals surface area contributed by atoms with Gasteiger partial charge in [-0.3, -0.25) is 9.10 Å². The number of nitrogens with zero attached hydrogens (tertiary/aromatic N) is 1. The van der Waals surface area contributed by atoms with E-state index in [9.17, 15) is 21.6 Å². The molecule has 0 aromatic heterocycles. The first kappa shape index (κ1) is 26.0. The molecule has 0 aliphatic rings. The van der Waals surface area contributed by atoms with E-state index in [0.29, 0.717) is 11.3 Å². The zero-order valence-corrected chi connectivity index (χ0v) is 20.9. The number of anilines is 1. The van der Waals surface area contributed by atoms with Crippen molar-refractivity contribution < 1.29 is 26.4 Å². The molecule has 32 heavy (non-hydrogen) atoms. The van der Waals surface area contributed by atoms with Crippen LogP contribution in [-0.4, -0.2) is 48.4 Å². The summed E-state index contributed by atoms with van der Waals surface area (Å²) >= 11 is 6.17. The highest BCUT2D eigenvalue weighted by Crippen LogP contribution is 2.32. The number of hydrogen-bond donors (Lipinski definition) is 1. The molecule has 1 amide bonds. The van der Waals surface area contributed by atoms with E-state index in [1.165, 1.54) is 37.4 Å². The van der Waals surface area contributed by atoms with E-state index < -0.39 is 37.9 Å². The van der Waals surface area contributed by atoms with Gasteiger partial charge >= 0.3 is 0 Å². The lowest BCUT2D eigenvalue weighted by atomic mass is 10.1. The first-order valence-electron chi connectivity index (χ1n) is 9.73. The molecule has 0 unspecified atom stereocenters. The summed E-state index contributed by atoms with van der Waals surface area (Å²) in [5.74, 6) is -0.114. The van der Waals surface area contributed by atoms with E-state index in [1.807, 2.05) is 0 Å². The van der Waals surface area contributed by atoms with Crippen LogP contribution in [0, 0.1) is 0 Å². The Morgan fingerprint density at radius 2 is 1.69 bits per heavy atom. The number of carbonyl (C=O) groups is 1. The predicted molar refractivity (Wildman–Crippen MR) is 126 cm³/mol. The zero-order valence-electron chi connectivity index (χ0n) is 18.5. The molecular weight excluding hydrogens is 476 g/mol. The monoisotopic (exact) mass is 502 g/mol. The Kier molecular flexibility index (Phi) is 8.19. The highest BCUT2D eigenvalue weighted by Gasteiger charge is 2.32. The van der Waals surface area contributed by atoms with Crippen LogP contribution in [0.5, 0.6) is 5.75 Å². The fraction of sp³-hybridized carbons (Fsp3) is 0.381. The van der Waals surface area contributed by atoms with E-state index in [0.717, 1.165) is 16.8 Å². The fourth-order valence-corrected chi connectivity index (χ4v) is 5.34. The number of ether oxygens (including phenoxy) is 1. The van der Waals surface area contributed by atoms with Gasteiger partial charge in [-0.15, -0.1) is 0 Å². The highest BCUT2D eigenvalue weighted by atomic mass is 35.5. The minimum atomic E-state index is -3.83. The maximum atomic E-state index is 13.1. The molecule has 11 heteroatoms. The molecule has 0 aliphatic heterocycles. The Balaban J connectivity index is 2.32. The van der Waals surface area contributed by atoms with Crippen molar-refractivity contribution >= 4 is 43.1 Å². The molecule has 8 nitrogen and oxygen atoms in total. The zero-order chi connectivity index (χ0) is 24.3. The summed E-state index contributed by atoms with van der Waals surface area (Å²) in [6, 6.07) is 9.14. The predicted octanol–water partition coefficient (Wildman–Crippen LogP) is 3.17. The molecule has 0 saturated carbocycles. The summed E-state index contributed by atoms with van der Waals surface area (Å²) in [5.41, 5.74) is 0.921. The molecule has 2 rings (SSSR count). The number of hydrogen-bond acceptors (Lipinski definition) is 6. The standard InChI is InChI=1S/C21H27ClN2O6S2/c1-6-19(24(32(5,28)29)16-9-12-20(30-3)18(22)13-16)21(25)23-14(2)15-7-10-17(11-8-15)31(4,26)27/h7-14,19H,6H2,1-5H3,(H,23,25)/t14-,19+/m0/s1. The van der Waals surface area contributed by atoms with Crippen LogP contribution in [0.2, 0.25) is 5.02 Å². The second kappa shape index (κ2) is 10.1. The third-order valence-electron chi connectivity index (χ3n) is 4.89. The third kappa shape index (κ3) is 6.14. The highest BCUT2D eigenvalue weighted by molar-refractivity contribution is 7.92. The molecule has 0 heterocycles. The Morgan fingerprint density at radius 1 is 1.09 bits per heavy atom. The topological polar surface area (TPSA) is 110 Å². The van der Waals surface area contributed by atoms with Gasteiger partial charge in [-0.2, -0.15) is 0 Å². The molecule has 0 spiro atoms. The second-order valence-corrected chi connectivity index (χ2v) is 11.7. The number of sulfone groups is 1. The number of amides is 1. The Hall–Kier alpha value is -2.30. The Morgan fingerprint density at radius 3 is 2.12 bits per heavy atom. The van der Waals surface area contributed by atoms with Gasteiger partial charge in [0.15, 0.2) is 9.84 Å². The van der Waals surface area contributed by atoms with Crippen molar-refractivity contribution in [1.82, 2.24) is 5.32 Å². The van der Waals surface area contributed by atoms with Gasteiger partial charge in [-0.25, -0.2) is 16.8 Å². The normalized spacial score (nSPS) is 13.8. The van der Waals surface area contributed by atoms with E-state index in [2.05, 4.69) is 5.32 Å². The van der Waals surface area contributed by atoms with Crippen LogP contribution >= 0.6 is 11.6 Å². The largest absolute Gasteiger partial charge is 0.495 e. The van der Waals surface area contributed by atoms with E-state index in [-0.39, 0.29) is 22.0 Å². The van der Waals surface area contributed by atoms with Crippen LogP contribution in [0.25, 0.3) is 0 Å². The van der Waals surface area contributed by atoms with Gasteiger partial charge < -0.3 is 10.1 Å². The van der Waals surface area contributed by atoms with Crippen LogP contribution in [0.1, 0.15) is 31.9 Å². The van der Waals surface area contributed by atoms with Crippen molar-refractivity contribution in [2.75, 3.05) is 23.9 Å². The molecular formula is C21H27ClN2O6S2. The number of methoxy groups -OCH3 is 1. The van der Waals surface area contributed by atoms with Crippen molar-refractivity contribution in [3.05, 3.63) is 53.1 Å². The molecule has 2 aromatic carbocycles. The van der Waals surface area contributed by atoms with Crippen molar-refractivity contribution in [2.45, 2.75) is 37.2 Å². The lowest BCUT2D eigenvalue weighted by Crippen LogP contribution is -2.49. The summed E-state index contributed by atoms with van der Waals surface area (Å²) in [6.07, 6.45) is 2.35. The first-order chi connectivity index (χ1) is 14.8. The SMILES string of the molecule is CC[C@H](C(=O)N[C@@H](C)c1ccc(S(C)(=O)=O)cc1)N(c1ccc(OC)c(Cl)c1)S(C)(=O)=O. The summed E-state index contributed by atoms with van der Waals surface area (Å²) in [5, 5.41) is 3.03. The minimum Gasteiger partial charge on any atom is -0.495 e. The van der Waals surface area contributed by atoms with E-state index >= 15 is 0 Å². The van der Waals surface area contributed by atoms with Crippen LogP contribution in [-0.2, 0) is 24.7 Å². The summed E-state index contributed by atoms with van der Waals surface area (Å²) in [6.45, 7) is 3.44. The van der Waals surface area contributed by atoms with E-state index in [4.69, 9.17) is 16.3 Å². The molecule has 2 atom stereocenters. The third-order valence-corrected chi connectivity index (χ3v) is 7.49. The summed E-state index contributed by atoms with van der Waals surface area (Å²) in [7, 11) is -5.71. The Labute approximate surface area is 194 Å². The maximum absolute atomic E-state index is 13.1. The first-order valence-corrected chi connectivity index (χ1v) is 13.8. The molecule has 176 valence electrons. The molecule has 0 saturated heterocycles. The number of halogens is 1. The fourth-order valence-electron chi connectivity index (χ4n) is 3.25. The lowest BCUT2D eigenvalue weighted by Gasteiger charge is -2.31. The second-order valence-electron chi connectivity index (χ2n) is 7.37. The number of benzene rings is 2. The van der Waals surface area contributed by atoms with E-state index in [1.54, 1.807) is 26.0 Å². The van der Waals surface area contributed by atoms with Gasteiger partial charge in [-0.1, -0.05) is 30.7 Å². The molecule has 0 radical (unpaired) electrons. The van der Waals surface area contributed by atoms with Gasteiger partial charge in [0.2, 0.25) is 15.9 Å². The van der Waals surface area contributed by atoms with Crippen LogP contribution < -0.4 is 14.4 Å². The molecule has 0 aliphatic carbocycles. The lowest BCUT2D eigenvalue weighted by molar-refractivity contribution is -0.122. The molecule has 1 N–H and O–H groups in total. The van der Waals surface area contributed by atoms with Crippen LogP contribution in [0.15, 0.2) is 47.4 Å². The van der Waals surface area contributed by atoms with Gasteiger partial charge in [-0.05, 0) is 49.2 Å². The van der Waals surface area contributed by atoms with Crippen molar-refractivity contribution in [3.63, 3.8) is 0 Å². The molecule has 0 bridgehead atoms. The number of carbonyl (C=O) groups excluding carboxylic acids is 1. The van der Waals surface area contributed by atoms with Crippen LogP contribution in [0.3, 0.4) is 0 Å². The summed E-state index contributed by atoms with van der Waals surface area (Å²) in [4.78, 5) is 13.3. The number of nitrogens with one attached hydrogen (secondary N) is 1. The maximum Gasteiger partial charge on any atom is 0.244 e. The number of sulfonamides is 1. The average Bonchev–Trinajstić information content (AvgIpc) is 2.70. The van der Waals surface area contributed by atoms with Gasteiger partial charge in [0, 0.05) is 6.26 Å².